The maximum Gasteiger partial charge on any atom is 0.167 e. The van der Waals surface area contributed by atoms with Gasteiger partial charge in [-0.05, 0) is 11.6 Å². The SMILES string of the molecule is COCc1c(C(O)CN)ccc2c1OCCO2. The summed E-state index contributed by atoms with van der Waals surface area (Å²) in [7, 11) is 1.60. The standard InChI is InChI=1S/C12H17NO4/c1-15-7-9-8(10(14)6-13)2-3-11-12(9)17-5-4-16-11/h2-3,10,14H,4-7,13H2,1H3. The maximum absolute atomic E-state index is 9.86. The minimum absolute atomic E-state index is 0.163. The van der Waals surface area contributed by atoms with Crippen LogP contribution in [0, 0.1) is 0 Å². The number of nitrogens with two attached hydrogens (primary N) is 1. The van der Waals surface area contributed by atoms with Crippen molar-refractivity contribution in [3.63, 3.8) is 0 Å². The first-order valence-electron chi connectivity index (χ1n) is 5.56. The molecule has 0 fully saturated rings. The van der Waals surface area contributed by atoms with Gasteiger partial charge in [0.1, 0.15) is 13.2 Å². The highest BCUT2D eigenvalue weighted by Gasteiger charge is 2.21. The molecule has 0 saturated heterocycles. The molecule has 5 heteroatoms. The third kappa shape index (κ3) is 2.36. The maximum atomic E-state index is 9.86. The van der Waals surface area contributed by atoms with Gasteiger partial charge in [-0.15, -0.1) is 0 Å². The summed E-state index contributed by atoms with van der Waals surface area (Å²) in [6.07, 6.45) is -0.712. The van der Waals surface area contributed by atoms with Crippen LogP contribution in [0.25, 0.3) is 0 Å². The molecule has 0 spiro atoms. The lowest BCUT2D eigenvalue weighted by Crippen LogP contribution is -2.19. The molecular formula is C12H17NO4. The molecule has 1 aliphatic heterocycles. The second-order valence-corrected chi connectivity index (χ2v) is 3.84. The van der Waals surface area contributed by atoms with Crippen molar-refractivity contribution in [1.29, 1.82) is 0 Å². The molecule has 1 aliphatic rings. The van der Waals surface area contributed by atoms with Gasteiger partial charge < -0.3 is 25.1 Å². The number of rotatable bonds is 4. The van der Waals surface area contributed by atoms with Gasteiger partial charge in [-0.3, -0.25) is 0 Å². The predicted molar refractivity (Wildman–Crippen MR) is 62.2 cm³/mol. The van der Waals surface area contributed by atoms with E-state index in [9.17, 15) is 5.11 Å². The molecule has 0 radical (unpaired) electrons. The molecular weight excluding hydrogens is 222 g/mol. The van der Waals surface area contributed by atoms with E-state index in [4.69, 9.17) is 19.9 Å². The number of fused-ring (bicyclic) bond motifs is 1. The van der Waals surface area contributed by atoms with Crippen LogP contribution in [-0.2, 0) is 11.3 Å². The van der Waals surface area contributed by atoms with Crippen LogP contribution in [0.3, 0.4) is 0 Å². The fraction of sp³-hybridized carbons (Fsp3) is 0.500. The van der Waals surface area contributed by atoms with Crippen LogP contribution in [0.1, 0.15) is 17.2 Å². The fourth-order valence-corrected chi connectivity index (χ4v) is 1.92. The third-order valence-electron chi connectivity index (χ3n) is 2.72. The minimum atomic E-state index is -0.712. The Morgan fingerprint density at radius 3 is 2.88 bits per heavy atom. The van der Waals surface area contributed by atoms with E-state index >= 15 is 0 Å². The summed E-state index contributed by atoms with van der Waals surface area (Å²) >= 11 is 0. The van der Waals surface area contributed by atoms with Crippen LogP contribution >= 0.6 is 0 Å². The Balaban J connectivity index is 2.45. The van der Waals surface area contributed by atoms with E-state index in [1.807, 2.05) is 0 Å². The summed E-state index contributed by atoms with van der Waals surface area (Å²) in [6, 6.07) is 3.60. The first kappa shape index (κ1) is 12.2. The van der Waals surface area contributed by atoms with E-state index in [0.717, 1.165) is 11.1 Å². The van der Waals surface area contributed by atoms with Gasteiger partial charge in [0.05, 0.1) is 12.7 Å². The molecule has 1 unspecified atom stereocenters. The van der Waals surface area contributed by atoms with Crippen molar-refractivity contribution in [2.75, 3.05) is 26.9 Å². The topological polar surface area (TPSA) is 73.9 Å². The second kappa shape index (κ2) is 5.35. The molecule has 0 amide bonds. The highest BCUT2D eigenvalue weighted by Crippen LogP contribution is 2.38. The largest absolute Gasteiger partial charge is 0.486 e. The van der Waals surface area contributed by atoms with Gasteiger partial charge in [-0.25, -0.2) is 0 Å². The van der Waals surface area contributed by atoms with Crippen molar-refractivity contribution in [1.82, 2.24) is 0 Å². The lowest BCUT2D eigenvalue weighted by Gasteiger charge is -2.24. The lowest BCUT2D eigenvalue weighted by atomic mass is 10.0. The third-order valence-corrected chi connectivity index (χ3v) is 2.72. The molecule has 1 aromatic rings. The number of hydrogen-bond donors (Lipinski definition) is 2. The lowest BCUT2D eigenvalue weighted by molar-refractivity contribution is 0.144. The first-order chi connectivity index (χ1) is 8.27. The quantitative estimate of drug-likeness (QED) is 0.804. The molecule has 0 bridgehead atoms. The molecule has 0 aliphatic carbocycles. The van der Waals surface area contributed by atoms with Gasteiger partial charge in [0.25, 0.3) is 0 Å². The molecule has 1 heterocycles. The molecule has 5 nitrogen and oxygen atoms in total. The van der Waals surface area contributed by atoms with Gasteiger partial charge in [0.15, 0.2) is 11.5 Å². The zero-order chi connectivity index (χ0) is 12.3. The Bertz CT molecular complexity index is 394. The van der Waals surface area contributed by atoms with Crippen molar-refractivity contribution in [2.24, 2.45) is 5.73 Å². The van der Waals surface area contributed by atoms with Gasteiger partial charge in [0.2, 0.25) is 0 Å². The van der Waals surface area contributed by atoms with Gasteiger partial charge in [-0.2, -0.15) is 0 Å². The molecule has 94 valence electrons. The van der Waals surface area contributed by atoms with Crippen LogP contribution in [0.15, 0.2) is 12.1 Å². The van der Waals surface area contributed by atoms with E-state index in [1.54, 1.807) is 19.2 Å². The van der Waals surface area contributed by atoms with Crippen LogP contribution in [0.2, 0.25) is 0 Å². The van der Waals surface area contributed by atoms with Crippen molar-refractivity contribution in [3.8, 4) is 11.5 Å². The average molecular weight is 239 g/mol. The fourth-order valence-electron chi connectivity index (χ4n) is 1.92. The minimum Gasteiger partial charge on any atom is -0.486 e. The van der Waals surface area contributed by atoms with E-state index in [0.29, 0.717) is 31.3 Å². The summed E-state index contributed by atoms with van der Waals surface area (Å²) in [4.78, 5) is 0. The summed E-state index contributed by atoms with van der Waals surface area (Å²) in [5.74, 6) is 1.35. The normalized spacial score (nSPS) is 15.7. The van der Waals surface area contributed by atoms with E-state index in [1.165, 1.54) is 0 Å². The summed E-state index contributed by atoms with van der Waals surface area (Å²) in [5.41, 5.74) is 7.03. The van der Waals surface area contributed by atoms with Crippen molar-refractivity contribution >= 4 is 0 Å². The van der Waals surface area contributed by atoms with Crippen LogP contribution in [-0.4, -0.2) is 32.0 Å². The smallest absolute Gasteiger partial charge is 0.167 e. The van der Waals surface area contributed by atoms with Gasteiger partial charge in [-0.1, -0.05) is 6.07 Å². The van der Waals surface area contributed by atoms with E-state index in [-0.39, 0.29) is 6.54 Å². The number of methoxy groups -OCH3 is 1. The molecule has 2 rings (SSSR count). The Morgan fingerprint density at radius 2 is 2.18 bits per heavy atom. The van der Waals surface area contributed by atoms with Crippen molar-refractivity contribution < 1.29 is 19.3 Å². The Labute approximate surface area is 100 Å². The molecule has 3 N–H and O–H groups in total. The van der Waals surface area contributed by atoms with Gasteiger partial charge in [0, 0.05) is 19.2 Å². The van der Waals surface area contributed by atoms with E-state index < -0.39 is 6.10 Å². The number of hydrogen-bond acceptors (Lipinski definition) is 5. The monoisotopic (exact) mass is 239 g/mol. The second-order valence-electron chi connectivity index (χ2n) is 3.84. The van der Waals surface area contributed by atoms with Crippen LogP contribution < -0.4 is 15.2 Å². The molecule has 0 aromatic heterocycles. The molecule has 17 heavy (non-hydrogen) atoms. The van der Waals surface area contributed by atoms with Crippen molar-refractivity contribution in [3.05, 3.63) is 23.3 Å². The molecule has 0 saturated carbocycles. The number of benzene rings is 1. The Kier molecular flexibility index (Phi) is 3.83. The number of aliphatic hydroxyl groups excluding tert-OH is 1. The number of aliphatic hydroxyl groups is 1. The van der Waals surface area contributed by atoms with Crippen molar-refractivity contribution in [2.45, 2.75) is 12.7 Å². The Morgan fingerprint density at radius 1 is 1.41 bits per heavy atom. The molecule has 1 aromatic carbocycles. The van der Waals surface area contributed by atoms with Gasteiger partial charge >= 0.3 is 0 Å². The predicted octanol–water partition coefficient (Wildman–Crippen LogP) is 0.596. The highest BCUT2D eigenvalue weighted by molar-refractivity contribution is 5.52. The zero-order valence-corrected chi connectivity index (χ0v) is 9.81. The molecule has 1 atom stereocenters. The summed E-state index contributed by atoms with van der Waals surface area (Å²) in [5, 5.41) is 9.86. The average Bonchev–Trinajstić information content (AvgIpc) is 2.38. The number of ether oxygens (including phenoxy) is 3. The zero-order valence-electron chi connectivity index (χ0n) is 9.81. The highest BCUT2D eigenvalue weighted by atomic mass is 16.6. The summed E-state index contributed by atoms with van der Waals surface area (Å²) < 4.78 is 16.2. The van der Waals surface area contributed by atoms with Crippen LogP contribution in [0.5, 0.6) is 11.5 Å². The first-order valence-corrected chi connectivity index (χ1v) is 5.56. The Hall–Kier alpha value is -1.30. The van der Waals surface area contributed by atoms with E-state index in [2.05, 4.69) is 0 Å². The van der Waals surface area contributed by atoms with Crippen LogP contribution in [0.4, 0.5) is 0 Å². The summed E-state index contributed by atoms with van der Waals surface area (Å²) in [6.45, 7) is 1.57.